The third-order valence-corrected chi connectivity index (χ3v) is 4.64. The Morgan fingerprint density at radius 3 is 2.39 bits per heavy atom. The molecule has 5 nitrogen and oxygen atoms in total. The average Bonchev–Trinajstić information content (AvgIpc) is 2.75. The van der Waals surface area contributed by atoms with Gasteiger partial charge in [0.25, 0.3) is 5.91 Å². The third-order valence-electron chi connectivity index (χ3n) is 4.64. The minimum atomic E-state index is -1.09. The molecular formula is C24H22F2N2O3. The van der Waals surface area contributed by atoms with Crippen molar-refractivity contribution in [2.45, 2.75) is 19.6 Å². The van der Waals surface area contributed by atoms with Crippen molar-refractivity contribution in [1.82, 2.24) is 4.90 Å². The first-order chi connectivity index (χ1) is 14.8. The van der Waals surface area contributed by atoms with Crippen LogP contribution < -0.4 is 10.1 Å². The second-order valence-electron chi connectivity index (χ2n) is 7.05. The SMILES string of the molecule is CC(=O)N(C)Cc1cccc(NC(=O)C(Oc2ccc(F)c(F)c2)c2ccccc2)c1. The van der Waals surface area contributed by atoms with Gasteiger partial charge in [-0.1, -0.05) is 42.5 Å². The molecule has 0 aliphatic carbocycles. The van der Waals surface area contributed by atoms with Gasteiger partial charge in [0.15, 0.2) is 11.6 Å². The predicted molar refractivity (Wildman–Crippen MR) is 113 cm³/mol. The number of hydrogen-bond donors (Lipinski definition) is 1. The fourth-order valence-corrected chi connectivity index (χ4v) is 2.93. The summed E-state index contributed by atoms with van der Waals surface area (Å²) in [6.45, 7) is 1.87. The van der Waals surface area contributed by atoms with Crippen LogP contribution in [-0.2, 0) is 16.1 Å². The highest BCUT2D eigenvalue weighted by atomic mass is 19.2. The van der Waals surface area contributed by atoms with E-state index < -0.39 is 23.6 Å². The lowest BCUT2D eigenvalue weighted by Crippen LogP contribution is -2.26. The van der Waals surface area contributed by atoms with Crippen molar-refractivity contribution in [3.8, 4) is 5.75 Å². The summed E-state index contributed by atoms with van der Waals surface area (Å²) in [6.07, 6.45) is -1.09. The standard InChI is InChI=1S/C24H22F2N2O3/c1-16(29)28(2)15-17-7-6-10-19(13-17)27-24(30)23(18-8-4-3-5-9-18)31-20-11-12-21(25)22(26)14-20/h3-14,23H,15H2,1-2H3,(H,27,30). The third kappa shape index (κ3) is 5.88. The molecule has 0 fully saturated rings. The van der Waals surface area contributed by atoms with Crippen molar-refractivity contribution in [1.29, 1.82) is 0 Å². The Balaban J connectivity index is 1.82. The summed E-state index contributed by atoms with van der Waals surface area (Å²) in [7, 11) is 1.69. The number of anilines is 1. The van der Waals surface area contributed by atoms with E-state index in [0.717, 1.165) is 17.7 Å². The van der Waals surface area contributed by atoms with Crippen LogP contribution in [-0.4, -0.2) is 23.8 Å². The summed E-state index contributed by atoms with van der Waals surface area (Å²) in [6, 6.07) is 18.9. The van der Waals surface area contributed by atoms with Gasteiger partial charge in [-0.15, -0.1) is 0 Å². The number of halogens is 2. The second kappa shape index (κ2) is 9.84. The van der Waals surface area contributed by atoms with Gasteiger partial charge in [-0.2, -0.15) is 0 Å². The minimum absolute atomic E-state index is 0.0275. The van der Waals surface area contributed by atoms with Crippen molar-refractivity contribution >= 4 is 17.5 Å². The molecule has 0 spiro atoms. The molecule has 3 aromatic carbocycles. The van der Waals surface area contributed by atoms with Gasteiger partial charge in [-0.3, -0.25) is 9.59 Å². The van der Waals surface area contributed by atoms with E-state index in [1.807, 2.05) is 6.07 Å². The average molecular weight is 424 g/mol. The van der Waals surface area contributed by atoms with Crippen LogP contribution in [0.4, 0.5) is 14.5 Å². The van der Waals surface area contributed by atoms with Gasteiger partial charge in [-0.05, 0) is 29.8 Å². The number of hydrogen-bond acceptors (Lipinski definition) is 3. The van der Waals surface area contributed by atoms with Crippen molar-refractivity contribution in [2.75, 3.05) is 12.4 Å². The van der Waals surface area contributed by atoms with Crippen LogP contribution >= 0.6 is 0 Å². The lowest BCUT2D eigenvalue weighted by atomic mass is 10.1. The molecule has 3 aromatic rings. The zero-order valence-electron chi connectivity index (χ0n) is 17.1. The Morgan fingerprint density at radius 1 is 0.968 bits per heavy atom. The summed E-state index contributed by atoms with van der Waals surface area (Å²) >= 11 is 0. The number of nitrogens with one attached hydrogen (secondary N) is 1. The van der Waals surface area contributed by atoms with Gasteiger partial charge >= 0.3 is 0 Å². The van der Waals surface area contributed by atoms with E-state index in [4.69, 9.17) is 4.74 Å². The molecule has 2 amide bonds. The van der Waals surface area contributed by atoms with E-state index in [1.165, 1.54) is 13.0 Å². The lowest BCUT2D eigenvalue weighted by Gasteiger charge is -2.20. The molecule has 7 heteroatoms. The quantitative estimate of drug-likeness (QED) is 0.598. The second-order valence-corrected chi connectivity index (χ2v) is 7.05. The first-order valence-corrected chi connectivity index (χ1v) is 9.61. The molecule has 0 heterocycles. The molecule has 31 heavy (non-hydrogen) atoms. The van der Waals surface area contributed by atoms with Gasteiger partial charge in [0, 0.05) is 37.8 Å². The highest BCUT2D eigenvalue weighted by Crippen LogP contribution is 2.25. The molecule has 1 atom stereocenters. The predicted octanol–water partition coefficient (Wildman–Crippen LogP) is 4.70. The summed E-state index contributed by atoms with van der Waals surface area (Å²) < 4.78 is 32.6. The minimum Gasteiger partial charge on any atom is -0.476 e. The number of ether oxygens (including phenoxy) is 1. The first kappa shape index (κ1) is 22.0. The Kier molecular flexibility index (Phi) is 6.97. The number of carbonyl (C=O) groups is 2. The molecule has 3 rings (SSSR count). The number of rotatable bonds is 7. The van der Waals surface area contributed by atoms with E-state index in [9.17, 15) is 18.4 Å². The number of benzene rings is 3. The monoisotopic (exact) mass is 424 g/mol. The maximum atomic E-state index is 13.6. The highest BCUT2D eigenvalue weighted by molar-refractivity contribution is 5.95. The molecular weight excluding hydrogens is 402 g/mol. The van der Waals surface area contributed by atoms with Crippen LogP contribution in [0.1, 0.15) is 24.2 Å². The van der Waals surface area contributed by atoms with Crippen molar-refractivity contribution in [2.24, 2.45) is 0 Å². The van der Waals surface area contributed by atoms with Crippen LogP contribution in [0.25, 0.3) is 0 Å². The first-order valence-electron chi connectivity index (χ1n) is 9.61. The largest absolute Gasteiger partial charge is 0.476 e. The molecule has 0 saturated heterocycles. The van der Waals surface area contributed by atoms with E-state index >= 15 is 0 Å². The maximum Gasteiger partial charge on any atom is 0.270 e. The fraction of sp³-hybridized carbons (Fsp3) is 0.167. The van der Waals surface area contributed by atoms with Gasteiger partial charge in [0.2, 0.25) is 12.0 Å². The normalized spacial score (nSPS) is 11.5. The Hall–Kier alpha value is -3.74. The van der Waals surface area contributed by atoms with Crippen LogP contribution in [0, 0.1) is 11.6 Å². The van der Waals surface area contributed by atoms with Gasteiger partial charge in [-0.25, -0.2) is 8.78 Å². The smallest absolute Gasteiger partial charge is 0.270 e. The fourth-order valence-electron chi connectivity index (χ4n) is 2.93. The van der Waals surface area contributed by atoms with Crippen LogP contribution in [0.5, 0.6) is 5.75 Å². The summed E-state index contributed by atoms with van der Waals surface area (Å²) in [5.41, 5.74) is 1.92. The zero-order chi connectivity index (χ0) is 22.4. The van der Waals surface area contributed by atoms with Crippen LogP contribution in [0.3, 0.4) is 0 Å². The van der Waals surface area contributed by atoms with Gasteiger partial charge in [0.05, 0.1) is 0 Å². The van der Waals surface area contributed by atoms with Crippen molar-refractivity contribution in [3.05, 3.63) is 95.6 Å². The summed E-state index contributed by atoms with van der Waals surface area (Å²) in [5, 5.41) is 2.79. The van der Waals surface area contributed by atoms with E-state index in [-0.39, 0.29) is 11.7 Å². The summed E-state index contributed by atoms with van der Waals surface area (Å²) in [5.74, 6) is -2.58. The highest BCUT2D eigenvalue weighted by Gasteiger charge is 2.23. The molecule has 0 bridgehead atoms. The van der Waals surface area contributed by atoms with E-state index in [1.54, 1.807) is 60.5 Å². The Bertz CT molecular complexity index is 1070. The van der Waals surface area contributed by atoms with Crippen molar-refractivity contribution in [3.63, 3.8) is 0 Å². The molecule has 0 aromatic heterocycles. The van der Waals surface area contributed by atoms with Gasteiger partial charge in [0.1, 0.15) is 5.75 Å². The molecule has 0 aliphatic rings. The Labute approximate surface area is 179 Å². The topological polar surface area (TPSA) is 58.6 Å². The van der Waals surface area contributed by atoms with Gasteiger partial charge < -0.3 is 15.0 Å². The molecule has 0 radical (unpaired) electrons. The zero-order valence-corrected chi connectivity index (χ0v) is 17.1. The molecule has 0 aliphatic heterocycles. The van der Waals surface area contributed by atoms with E-state index in [0.29, 0.717) is 17.8 Å². The lowest BCUT2D eigenvalue weighted by molar-refractivity contribution is -0.128. The molecule has 160 valence electrons. The summed E-state index contributed by atoms with van der Waals surface area (Å²) in [4.78, 5) is 26.1. The number of amides is 2. The molecule has 1 unspecified atom stereocenters. The van der Waals surface area contributed by atoms with Crippen LogP contribution in [0.15, 0.2) is 72.8 Å². The van der Waals surface area contributed by atoms with Crippen molar-refractivity contribution < 1.29 is 23.1 Å². The number of nitrogens with zero attached hydrogens (tertiary/aromatic N) is 1. The van der Waals surface area contributed by atoms with E-state index in [2.05, 4.69) is 5.32 Å². The maximum absolute atomic E-state index is 13.6. The number of carbonyl (C=O) groups excluding carboxylic acids is 2. The van der Waals surface area contributed by atoms with Crippen LogP contribution in [0.2, 0.25) is 0 Å². The molecule has 1 N–H and O–H groups in total. The Morgan fingerprint density at radius 2 is 1.71 bits per heavy atom. The molecule has 0 saturated carbocycles.